The lowest BCUT2D eigenvalue weighted by Gasteiger charge is -2.21. The highest BCUT2D eigenvalue weighted by molar-refractivity contribution is 5.95. The zero-order chi connectivity index (χ0) is 18.7. The number of furan rings is 1. The van der Waals surface area contributed by atoms with E-state index >= 15 is 0 Å². The Kier molecular flexibility index (Phi) is 5.18. The molecule has 3 rings (SSSR count). The summed E-state index contributed by atoms with van der Waals surface area (Å²) >= 11 is 0. The summed E-state index contributed by atoms with van der Waals surface area (Å²) in [5.74, 6) is 1.48. The Hall–Kier alpha value is -2.93. The fourth-order valence-corrected chi connectivity index (χ4v) is 2.86. The van der Waals surface area contributed by atoms with E-state index in [0.29, 0.717) is 47.0 Å². The first-order chi connectivity index (χ1) is 12.5. The number of aromatic nitrogens is 2. The number of fused-ring (bicyclic) bond motifs is 1. The Balaban J connectivity index is 1.92. The first kappa shape index (κ1) is 17.9. The van der Waals surface area contributed by atoms with Crippen LogP contribution in [-0.4, -0.2) is 41.0 Å². The van der Waals surface area contributed by atoms with Gasteiger partial charge in [0.1, 0.15) is 17.3 Å². The van der Waals surface area contributed by atoms with Gasteiger partial charge in [-0.3, -0.25) is 9.59 Å². The van der Waals surface area contributed by atoms with Crippen molar-refractivity contribution in [2.24, 2.45) is 0 Å². The number of ether oxygens (including phenoxy) is 1. The Bertz CT molecular complexity index is 990. The van der Waals surface area contributed by atoms with Crippen LogP contribution in [-0.2, 0) is 11.3 Å². The Morgan fingerprint density at radius 1 is 1.31 bits per heavy atom. The Morgan fingerprint density at radius 2 is 2.08 bits per heavy atom. The molecule has 1 aromatic carbocycles. The van der Waals surface area contributed by atoms with Gasteiger partial charge in [0.25, 0.3) is 11.5 Å². The number of carbonyl (C=O) groups excluding carboxylic acids is 1. The maximum Gasteiger partial charge on any atom is 0.258 e. The van der Waals surface area contributed by atoms with Gasteiger partial charge in [0.05, 0.1) is 29.6 Å². The average molecular weight is 355 g/mol. The van der Waals surface area contributed by atoms with Gasteiger partial charge in [-0.2, -0.15) is 0 Å². The molecule has 0 saturated heterocycles. The molecule has 3 aromatic rings. The number of rotatable bonds is 6. The molecule has 1 N–H and O–H groups in total. The van der Waals surface area contributed by atoms with Gasteiger partial charge in [-0.1, -0.05) is 12.1 Å². The molecule has 0 unspecified atom stereocenters. The highest BCUT2D eigenvalue weighted by atomic mass is 16.5. The number of nitrogens with zero attached hydrogens (tertiary/aromatic N) is 2. The molecular formula is C19H21N3O4. The molecular weight excluding hydrogens is 334 g/mol. The number of methoxy groups -OCH3 is 1. The highest BCUT2D eigenvalue weighted by Gasteiger charge is 2.21. The van der Waals surface area contributed by atoms with E-state index in [-0.39, 0.29) is 18.0 Å². The van der Waals surface area contributed by atoms with Gasteiger partial charge in [-0.25, -0.2) is 4.98 Å². The van der Waals surface area contributed by atoms with Gasteiger partial charge < -0.3 is 19.0 Å². The number of benzene rings is 1. The van der Waals surface area contributed by atoms with Crippen LogP contribution in [0.2, 0.25) is 0 Å². The van der Waals surface area contributed by atoms with Crippen molar-refractivity contribution in [3.8, 4) is 0 Å². The SMILES string of the molecule is COCCN(Cc1nc2ccccc2c(=O)[nH]1)C(=O)c1cc(C)oc1C. The minimum absolute atomic E-state index is 0.173. The number of amides is 1. The summed E-state index contributed by atoms with van der Waals surface area (Å²) in [5.41, 5.74) is 0.877. The van der Waals surface area contributed by atoms with Crippen molar-refractivity contribution >= 4 is 16.8 Å². The molecule has 1 amide bonds. The molecule has 0 bridgehead atoms. The first-order valence-corrected chi connectivity index (χ1v) is 8.32. The fourth-order valence-electron chi connectivity index (χ4n) is 2.86. The van der Waals surface area contributed by atoms with E-state index in [4.69, 9.17) is 9.15 Å². The van der Waals surface area contributed by atoms with E-state index in [1.165, 1.54) is 0 Å². The molecule has 0 atom stereocenters. The molecule has 0 saturated carbocycles. The first-order valence-electron chi connectivity index (χ1n) is 8.32. The highest BCUT2D eigenvalue weighted by Crippen LogP contribution is 2.17. The Labute approximate surface area is 150 Å². The van der Waals surface area contributed by atoms with Crippen molar-refractivity contribution < 1.29 is 13.9 Å². The summed E-state index contributed by atoms with van der Waals surface area (Å²) < 4.78 is 10.6. The van der Waals surface area contributed by atoms with E-state index in [9.17, 15) is 9.59 Å². The number of H-pyrrole nitrogens is 1. The van der Waals surface area contributed by atoms with Gasteiger partial charge in [-0.05, 0) is 32.0 Å². The third kappa shape index (κ3) is 3.67. The summed E-state index contributed by atoms with van der Waals surface area (Å²) in [7, 11) is 1.58. The molecule has 0 aliphatic carbocycles. The van der Waals surface area contributed by atoms with Crippen molar-refractivity contribution in [3.05, 3.63) is 63.6 Å². The molecule has 7 nitrogen and oxygen atoms in total. The van der Waals surface area contributed by atoms with Crippen LogP contribution in [0.1, 0.15) is 27.7 Å². The number of hydrogen-bond acceptors (Lipinski definition) is 5. The van der Waals surface area contributed by atoms with Gasteiger partial charge in [-0.15, -0.1) is 0 Å². The van der Waals surface area contributed by atoms with Crippen LogP contribution >= 0.6 is 0 Å². The summed E-state index contributed by atoms with van der Waals surface area (Å²) in [5, 5.41) is 0.521. The lowest BCUT2D eigenvalue weighted by atomic mass is 10.2. The van der Waals surface area contributed by atoms with Crippen molar-refractivity contribution in [2.45, 2.75) is 20.4 Å². The second-order valence-corrected chi connectivity index (χ2v) is 6.08. The molecule has 26 heavy (non-hydrogen) atoms. The van der Waals surface area contributed by atoms with Crippen LogP contribution < -0.4 is 5.56 Å². The molecule has 2 heterocycles. The maximum absolute atomic E-state index is 12.9. The van der Waals surface area contributed by atoms with Crippen molar-refractivity contribution in [3.63, 3.8) is 0 Å². The average Bonchev–Trinajstić information content (AvgIpc) is 2.96. The predicted molar refractivity (Wildman–Crippen MR) is 97.2 cm³/mol. The molecule has 0 spiro atoms. The van der Waals surface area contributed by atoms with Gasteiger partial charge >= 0.3 is 0 Å². The molecule has 7 heteroatoms. The normalized spacial score (nSPS) is 11.0. The number of carbonyl (C=O) groups is 1. The predicted octanol–water partition coefficient (Wildman–Crippen LogP) is 2.42. The number of para-hydroxylation sites is 1. The number of nitrogens with one attached hydrogen (secondary N) is 1. The molecule has 136 valence electrons. The number of aromatic amines is 1. The number of hydrogen-bond donors (Lipinski definition) is 1. The summed E-state index contributed by atoms with van der Waals surface area (Å²) in [6.07, 6.45) is 0. The molecule has 0 aliphatic heterocycles. The van der Waals surface area contributed by atoms with Crippen LogP contribution in [0.5, 0.6) is 0 Å². The van der Waals surface area contributed by atoms with Gasteiger partial charge in [0.15, 0.2) is 0 Å². The lowest BCUT2D eigenvalue weighted by Crippen LogP contribution is -2.34. The fraction of sp³-hybridized carbons (Fsp3) is 0.316. The third-order valence-electron chi connectivity index (χ3n) is 4.13. The standard InChI is InChI=1S/C19H21N3O4/c1-12-10-15(13(2)26-12)19(24)22(8-9-25-3)11-17-20-16-7-5-4-6-14(16)18(23)21-17/h4-7,10H,8-9,11H2,1-3H3,(H,20,21,23). The summed E-state index contributed by atoms with van der Waals surface area (Å²) in [6, 6.07) is 8.82. The van der Waals surface area contributed by atoms with Crippen molar-refractivity contribution in [2.75, 3.05) is 20.3 Å². The molecule has 0 radical (unpaired) electrons. The third-order valence-corrected chi connectivity index (χ3v) is 4.13. The minimum atomic E-state index is -0.222. The van der Waals surface area contributed by atoms with E-state index in [1.807, 2.05) is 6.07 Å². The maximum atomic E-state index is 12.9. The minimum Gasteiger partial charge on any atom is -0.466 e. The lowest BCUT2D eigenvalue weighted by molar-refractivity contribution is 0.0673. The van der Waals surface area contributed by atoms with Crippen LogP contribution in [0.4, 0.5) is 0 Å². The largest absolute Gasteiger partial charge is 0.466 e. The molecule has 2 aromatic heterocycles. The second kappa shape index (κ2) is 7.53. The summed E-state index contributed by atoms with van der Waals surface area (Å²) in [4.78, 5) is 34.0. The molecule has 0 fully saturated rings. The Morgan fingerprint density at radius 3 is 2.77 bits per heavy atom. The van der Waals surface area contributed by atoms with E-state index in [1.54, 1.807) is 50.1 Å². The summed E-state index contributed by atoms with van der Waals surface area (Å²) in [6.45, 7) is 4.47. The van der Waals surface area contributed by atoms with Gasteiger partial charge in [0, 0.05) is 13.7 Å². The van der Waals surface area contributed by atoms with Crippen molar-refractivity contribution in [1.29, 1.82) is 0 Å². The van der Waals surface area contributed by atoms with Crippen LogP contribution in [0.25, 0.3) is 10.9 Å². The zero-order valence-electron chi connectivity index (χ0n) is 15.0. The molecule has 0 aliphatic rings. The zero-order valence-corrected chi connectivity index (χ0v) is 15.0. The van der Waals surface area contributed by atoms with Gasteiger partial charge in [0.2, 0.25) is 0 Å². The van der Waals surface area contributed by atoms with E-state index in [2.05, 4.69) is 9.97 Å². The van der Waals surface area contributed by atoms with Crippen LogP contribution in [0.15, 0.2) is 39.5 Å². The smallest absolute Gasteiger partial charge is 0.258 e. The monoisotopic (exact) mass is 355 g/mol. The van der Waals surface area contributed by atoms with Crippen LogP contribution in [0, 0.1) is 13.8 Å². The number of aryl methyl sites for hydroxylation is 2. The topological polar surface area (TPSA) is 88.4 Å². The van der Waals surface area contributed by atoms with Crippen molar-refractivity contribution in [1.82, 2.24) is 14.9 Å². The van der Waals surface area contributed by atoms with E-state index in [0.717, 1.165) is 0 Å². The second-order valence-electron chi connectivity index (χ2n) is 6.08. The van der Waals surface area contributed by atoms with E-state index < -0.39 is 0 Å². The van der Waals surface area contributed by atoms with Crippen LogP contribution in [0.3, 0.4) is 0 Å². The quantitative estimate of drug-likeness (QED) is 0.734.